The summed E-state index contributed by atoms with van der Waals surface area (Å²) in [4.78, 5) is 0. The lowest BCUT2D eigenvalue weighted by molar-refractivity contribution is 0.590. The minimum atomic E-state index is -0.219. The van der Waals surface area contributed by atoms with Gasteiger partial charge in [-0.15, -0.1) is 0 Å². The van der Waals surface area contributed by atoms with E-state index in [0.29, 0.717) is 5.69 Å². The summed E-state index contributed by atoms with van der Waals surface area (Å²) in [6.07, 6.45) is 0. The molecule has 0 heterocycles. The second-order valence-corrected chi connectivity index (χ2v) is 5.04. The highest BCUT2D eigenvalue weighted by molar-refractivity contribution is 5.59. The van der Waals surface area contributed by atoms with Gasteiger partial charge < -0.3 is 5.32 Å². The molecule has 0 aliphatic rings. The van der Waals surface area contributed by atoms with Crippen LogP contribution in [0.15, 0.2) is 35.5 Å². The van der Waals surface area contributed by atoms with Crippen LogP contribution in [-0.4, -0.2) is 0 Å². The molecule has 0 radical (unpaired) electrons. The third kappa shape index (κ3) is 3.60. The first kappa shape index (κ1) is 14.3. The van der Waals surface area contributed by atoms with Crippen molar-refractivity contribution in [3.05, 3.63) is 41.1 Å². The summed E-state index contributed by atoms with van der Waals surface area (Å²) >= 11 is 0. The van der Waals surface area contributed by atoms with Gasteiger partial charge in [0.25, 0.3) is 0 Å². The van der Waals surface area contributed by atoms with Crippen molar-refractivity contribution in [2.45, 2.75) is 26.2 Å². The number of nitrogens with zero attached hydrogens (tertiary/aromatic N) is 3. The summed E-state index contributed by atoms with van der Waals surface area (Å²) in [5.74, 6) is 0. The van der Waals surface area contributed by atoms with Crippen molar-refractivity contribution in [1.29, 1.82) is 15.8 Å². The van der Waals surface area contributed by atoms with E-state index in [1.165, 1.54) is 0 Å². The van der Waals surface area contributed by atoms with E-state index < -0.39 is 0 Å². The maximum atomic E-state index is 8.98. The highest BCUT2D eigenvalue weighted by Crippen LogP contribution is 2.25. The van der Waals surface area contributed by atoms with Crippen LogP contribution >= 0.6 is 0 Å². The van der Waals surface area contributed by atoms with Gasteiger partial charge >= 0.3 is 0 Å². The van der Waals surface area contributed by atoms with Crippen LogP contribution in [0.25, 0.3) is 0 Å². The molecule has 0 saturated heterocycles. The third-order valence-corrected chi connectivity index (χ3v) is 2.58. The van der Waals surface area contributed by atoms with Crippen LogP contribution < -0.4 is 5.32 Å². The third-order valence-electron chi connectivity index (χ3n) is 2.58. The highest BCUT2D eigenvalue weighted by atomic mass is 14.9. The lowest BCUT2D eigenvalue weighted by atomic mass is 9.87. The van der Waals surface area contributed by atoms with Gasteiger partial charge in [0, 0.05) is 5.69 Å². The van der Waals surface area contributed by atoms with E-state index in [4.69, 9.17) is 15.8 Å². The Balaban J connectivity index is 3.16. The molecule has 1 rings (SSSR count). The zero-order valence-electron chi connectivity index (χ0n) is 11.2. The summed E-state index contributed by atoms with van der Waals surface area (Å²) in [5.41, 5.74) is 1.53. The minimum absolute atomic E-state index is 0.0124. The number of benzene rings is 1. The Morgan fingerprint density at radius 2 is 1.68 bits per heavy atom. The van der Waals surface area contributed by atoms with E-state index >= 15 is 0 Å². The summed E-state index contributed by atoms with van der Waals surface area (Å²) in [7, 11) is 0. The van der Waals surface area contributed by atoms with Crippen molar-refractivity contribution >= 4 is 5.69 Å². The van der Waals surface area contributed by atoms with E-state index in [0.717, 1.165) is 5.56 Å². The second-order valence-electron chi connectivity index (χ2n) is 5.04. The van der Waals surface area contributed by atoms with Gasteiger partial charge in [-0.3, -0.25) is 0 Å². The summed E-state index contributed by atoms with van der Waals surface area (Å²) in [6, 6.07) is 12.8. The molecule has 0 saturated carbocycles. The average molecular weight is 250 g/mol. The number of hydrogen-bond acceptors (Lipinski definition) is 4. The van der Waals surface area contributed by atoms with Gasteiger partial charge in [-0.25, -0.2) is 0 Å². The van der Waals surface area contributed by atoms with Crippen LogP contribution in [-0.2, 0) is 5.41 Å². The Morgan fingerprint density at radius 1 is 1.05 bits per heavy atom. The SMILES string of the molecule is CC(C)(C)c1cccc(NC(C#N)=C(C#N)C#N)c1. The average Bonchev–Trinajstić information content (AvgIpc) is 2.38. The molecule has 0 atom stereocenters. The van der Waals surface area contributed by atoms with Gasteiger partial charge in [-0.2, -0.15) is 15.8 Å². The van der Waals surface area contributed by atoms with Crippen LogP contribution in [0, 0.1) is 34.0 Å². The van der Waals surface area contributed by atoms with E-state index in [-0.39, 0.29) is 16.7 Å². The van der Waals surface area contributed by atoms with Gasteiger partial charge in [0.15, 0.2) is 5.57 Å². The number of allylic oxidation sites excluding steroid dienone is 2. The van der Waals surface area contributed by atoms with Crippen molar-refractivity contribution in [3.8, 4) is 18.2 Å². The molecule has 0 fully saturated rings. The lowest BCUT2D eigenvalue weighted by Crippen LogP contribution is -2.11. The second kappa shape index (κ2) is 5.71. The summed E-state index contributed by atoms with van der Waals surface area (Å²) in [6.45, 7) is 6.26. The van der Waals surface area contributed by atoms with Crippen LogP contribution in [0.4, 0.5) is 5.69 Å². The molecule has 1 aromatic rings. The zero-order valence-corrected chi connectivity index (χ0v) is 11.2. The van der Waals surface area contributed by atoms with Crippen molar-refractivity contribution in [2.24, 2.45) is 0 Å². The molecule has 0 spiro atoms. The summed E-state index contributed by atoms with van der Waals surface area (Å²) < 4.78 is 0. The fourth-order valence-electron chi connectivity index (χ4n) is 1.49. The number of anilines is 1. The number of nitrogens with one attached hydrogen (secondary N) is 1. The number of hydrogen-bond donors (Lipinski definition) is 1. The number of rotatable bonds is 2. The Hall–Kier alpha value is -2.77. The Labute approximate surface area is 113 Å². The first-order valence-corrected chi connectivity index (χ1v) is 5.74. The van der Waals surface area contributed by atoms with Crippen LogP contribution in [0.1, 0.15) is 26.3 Å². The largest absolute Gasteiger partial charge is 0.345 e. The Bertz CT molecular complexity index is 612. The first-order chi connectivity index (χ1) is 8.92. The Kier molecular flexibility index (Phi) is 4.30. The van der Waals surface area contributed by atoms with Crippen LogP contribution in [0.5, 0.6) is 0 Å². The molecule has 4 heteroatoms. The molecule has 19 heavy (non-hydrogen) atoms. The normalized spacial score (nSPS) is 9.68. The van der Waals surface area contributed by atoms with Gasteiger partial charge in [-0.05, 0) is 23.1 Å². The predicted molar refractivity (Wildman–Crippen MR) is 72.6 cm³/mol. The fourth-order valence-corrected chi connectivity index (χ4v) is 1.49. The van der Waals surface area contributed by atoms with Gasteiger partial charge in [-0.1, -0.05) is 32.9 Å². The highest BCUT2D eigenvalue weighted by Gasteiger charge is 2.14. The summed E-state index contributed by atoms with van der Waals surface area (Å²) in [5, 5.41) is 29.3. The molecule has 1 N–H and O–H groups in total. The molecule has 0 aliphatic carbocycles. The number of nitriles is 3. The van der Waals surface area contributed by atoms with Gasteiger partial charge in [0.2, 0.25) is 0 Å². The molecule has 0 bridgehead atoms. The maximum Gasteiger partial charge on any atom is 0.163 e. The van der Waals surface area contributed by atoms with Gasteiger partial charge in [0.05, 0.1) is 0 Å². The molecular weight excluding hydrogens is 236 g/mol. The van der Waals surface area contributed by atoms with Gasteiger partial charge in [0.1, 0.15) is 23.9 Å². The molecule has 0 unspecified atom stereocenters. The predicted octanol–water partition coefficient (Wildman–Crippen LogP) is 3.22. The van der Waals surface area contributed by atoms with Crippen molar-refractivity contribution in [3.63, 3.8) is 0 Å². The lowest BCUT2D eigenvalue weighted by Gasteiger charge is -2.20. The van der Waals surface area contributed by atoms with E-state index in [1.54, 1.807) is 18.2 Å². The minimum Gasteiger partial charge on any atom is -0.345 e. The molecule has 94 valence electrons. The Morgan fingerprint density at radius 3 is 2.16 bits per heavy atom. The molecule has 0 aromatic heterocycles. The van der Waals surface area contributed by atoms with E-state index in [9.17, 15) is 0 Å². The molecule has 0 aliphatic heterocycles. The van der Waals surface area contributed by atoms with Crippen molar-refractivity contribution in [2.75, 3.05) is 5.32 Å². The fraction of sp³-hybridized carbons (Fsp3) is 0.267. The smallest absolute Gasteiger partial charge is 0.163 e. The quantitative estimate of drug-likeness (QED) is 0.817. The zero-order chi connectivity index (χ0) is 14.5. The molecule has 4 nitrogen and oxygen atoms in total. The standard InChI is InChI=1S/C15H14N4/c1-15(2,3)12-5-4-6-13(7-12)19-14(10-18)11(8-16)9-17/h4-7,19H,1-3H3. The monoisotopic (exact) mass is 250 g/mol. The molecule has 0 amide bonds. The van der Waals surface area contributed by atoms with Crippen LogP contribution in [0.2, 0.25) is 0 Å². The van der Waals surface area contributed by atoms with Crippen LogP contribution in [0.3, 0.4) is 0 Å². The topological polar surface area (TPSA) is 83.4 Å². The van der Waals surface area contributed by atoms with Crippen molar-refractivity contribution < 1.29 is 0 Å². The molecular formula is C15H14N4. The van der Waals surface area contributed by atoms with E-state index in [2.05, 4.69) is 26.1 Å². The maximum absolute atomic E-state index is 8.98. The van der Waals surface area contributed by atoms with Crippen molar-refractivity contribution in [1.82, 2.24) is 0 Å². The van der Waals surface area contributed by atoms with E-state index in [1.807, 2.05) is 24.3 Å². The first-order valence-electron chi connectivity index (χ1n) is 5.74. The molecule has 1 aromatic carbocycles.